The molecule has 0 amide bonds. The molecule has 1 aliphatic rings. The minimum absolute atomic E-state index is 0.0813. The standard InChI is InChI=1S/C21H42O7/c1-2-3-4-5-6-7-8-26-19-21-20-27-16-15-24-12-11-22-9-10-23-13-14-25-17-18-28-21/h21H,2-20H2,1H3. The van der Waals surface area contributed by atoms with E-state index in [1.54, 1.807) is 0 Å². The minimum atomic E-state index is -0.0813. The van der Waals surface area contributed by atoms with E-state index in [0.29, 0.717) is 79.3 Å². The van der Waals surface area contributed by atoms with Gasteiger partial charge in [0.25, 0.3) is 0 Å². The number of hydrogen-bond donors (Lipinski definition) is 0. The van der Waals surface area contributed by atoms with E-state index >= 15 is 0 Å². The smallest absolute Gasteiger partial charge is 0.104 e. The van der Waals surface area contributed by atoms with Gasteiger partial charge in [0.1, 0.15) is 6.10 Å². The van der Waals surface area contributed by atoms with Crippen LogP contribution in [-0.4, -0.2) is 92.0 Å². The molecule has 0 saturated carbocycles. The molecule has 1 saturated heterocycles. The first-order chi connectivity index (χ1) is 13.9. The van der Waals surface area contributed by atoms with Crippen LogP contribution < -0.4 is 0 Å². The monoisotopic (exact) mass is 406 g/mol. The Kier molecular flexibility index (Phi) is 19.7. The van der Waals surface area contributed by atoms with Gasteiger partial charge in [-0.25, -0.2) is 0 Å². The summed E-state index contributed by atoms with van der Waals surface area (Å²) < 4.78 is 39.2. The van der Waals surface area contributed by atoms with Crippen LogP contribution in [0.15, 0.2) is 0 Å². The van der Waals surface area contributed by atoms with Crippen molar-refractivity contribution in [3.63, 3.8) is 0 Å². The third-order valence-electron chi connectivity index (χ3n) is 4.32. The van der Waals surface area contributed by atoms with Crippen molar-refractivity contribution in [2.24, 2.45) is 0 Å². The molecule has 7 heteroatoms. The lowest BCUT2D eigenvalue weighted by molar-refractivity contribution is -0.0846. The maximum atomic E-state index is 5.87. The maximum absolute atomic E-state index is 5.87. The highest BCUT2D eigenvalue weighted by Crippen LogP contribution is 2.05. The Morgan fingerprint density at radius 1 is 0.607 bits per heavy atom. The first-order valence-electron chi connectivity index (χ1n) is 11.0. The predicted octanol–water partition coefficient (Wildman–Crippen LogP) is 2.85. The molecule has 168 valence electrons. The summed E-state index contributed by atoms with van der Waals surface area (Å²) in [7, 11) is 0. The average Bonchev–Trinajstić information content (AvgIpc) is 2.71. The lowest BCUT2D eigenvalue weighted by Crippen LogP contribution is -2.28. The van der Waals surface area contributed by atoms with Crippen molar-refractivity contribution in [1.29, 1.82) is 0 Å². The van der Waals surface area contributed by atoms with Gasteiger partial charge < -0.3 is 33.2 Å². The summed E-state index contributed by atoms with van der Waals surface area (Å²) in [5.41, 5.74) is 0. The van der Waals surface area contributed by atoms with Gasteiger partial charge in [0, 0.05) is 6.61 Å². The molecule has 0 aromatic rings. The van der Waals surface area contributed by atoms with Crippen LogP contribution in [0.1, 0.15) is 45.4 Å². The van der Waals surface area contributed by atoms with E-state index in [2.05, 4.69) is 6.92 Å². The molecule has 0 spiro atoms. The van der Waals surface area contributed by atoms with Gasteiger partial charge in [0.05, 0.1) is 79.3 Å². The Bertz CT molecular complexity index is 286. The number of ether oxygens (including phenoxy) is 7. The Balaban J connectivity index is 2.15. The summed E-state index contributed by atoms with van der Waals surface area (Å²) in [5, 5.41) is 0. The zero-order valence-electron chi connectivity index (χ0n) is 17.9. The normalized spacial score (nSPS) is 22.4. The van der Waals surface area contributed by atoms with Crippen LogP contribution in [0.25, 0.3) is 0 Å². The molecule has 0 aromatic carbocycles. The largest absolute Gasteiger partial charge is 0.379 e. The van der Waals surface area contributed by atoms with Crippen molar-refractivity contribution in [3.8, 4) is 0 Å². The predicted molar refractivity (Wildman–Crippen MR) is 108 cm³/mol. The highest BCUT2D eigenvalue weighted by molar-refractivity contribution is 4.56. The summed E-state index contributed by atoms with van der Waals surface area (Å²) >= 11 is 0. The zero-order chi connectivity index (χ0) is 20.0. The van der Waals surface area contributed by atoms with Crippen LogP contribution in [-0.2, 0) is 33.2 Å². The van der Waals surface area contributed by atoms with E-state index in [1.807, 2.05) is 0 Å². The lowest BCUT2D eigenvalue weighted by atomic mass is 10.1. The van der Waals surface area contributed by atoms with Gasteiger partial charge in [-0.1, -0.05) is 39.0 Å². The second-order valence-corrected chi connectivity index (χ2v) is 6.86. The van der Waals surface area contributed by atoms with E-state index < -0.39 is 0 Å². The van der Waals surface area contributed by atoms with Crippen LogP contribution in [0.3, 0.4) is 0 Å². The van der Waals surface area contributed by atoms with Gasteiger partial charge in [-0.3, -0.25) is 0 Å². The van der Waals surface area contributed by atoms with Crippen molar-refractivity contribution in [1.82, 2.24) is 0 Å². The van der Waals surface area contributed by atoms with E-state index in [1.165, 1.54) is 32.1 Å². The van der Waals surface area contributed by atoms with Gasteiger partial charge in [-0.15, -0.1) is 0 Å². The van der Waals surface area contributed by atoms with Gasteiger partial charge in [-0.05, 0) is 6.42 Å². The summed E-state index contributed by atoms with van der Waals surface area (Å²) in [5.74, 6) is 0. The molecule has 0 aromatic heterocycles. The molecule has 0 bridgehead atoms. The van der Waals surface area contributed by atoms with Crippen LogP contribution >= 0.6 is 0 Å². The van der Waals surface area contributed by atoms with Gasteiger partial charge in [0.2, 0.25) is 0 Å². The van der Waals surface area contributed by atoms with E-state index in [0.717, 1.165) is 13.0 Å². The number of rotatable bonds is 9. The van der Waals surface area contributed by atoms with Crippen LogP contribution in [0.5, 0.6) is 0 Å². The van der Waals surface area contributed by atoms with Crippen molar-refractivity contribution < 1.29 is 33.2 Å². The SMILES string of the molecule is CCCCCCCCOCC1COCCOCCOCCOCCOCCO1. The summed E-state index contributed by atoms with van der Waals surface area (Å²) in [6, 6.07) is 0. The van der Waals surface area contributed by atoms with E-state index in [4.69, 9.17) is 33.2 Å². The first-order valence-corrected chi connectivity index (χ1v) is 11.0. The molecule has 1 unspecified atom stereocenters. The fourth-order valence-electron chi connectivity index (χ4n) is 2.71. The van der Waals surface area contributed by atoms with E-state index in [9.17, 15) is 0 Å². The van der Waals surface area contributed by atoms with Gasteiger partial charge in [-0.2, -0.15) is 0 Å². The van der Waals surface area contributed by atoms with Crippen molar-refractivity contribution in [2.45, 2.75) is 51.6 Å². The quantitative estimate of drug-likeness (QED) is 0.546. The Labute approximate surface area is 171 Å². The molecule has 0 radical (unpaired) electrons. The topological polar surface area (TPSA) is 64.6 Å². The van der Waals surface area contributed by atoms with Gasteiger partial charge in [0.15, 0.2) is 0 Å². The minimum Gasteiger partial charge on any atom is -0.379 e. The molecular formula is C21H42O7. The molecule has 0 N–H and O–H groups in total. The Morgan fingerprint density at radius 2 is 1.11 bits per heavy atom. The van der Waals surface area contributed by atoms with Crippen molar-refractivity contribution in [2.75, 3.05) is 85.9 Å². The van der Waals surface area contributed by atoms with Gasteiger partial charge >= 0.3 is 0 Å². The molecule has 1 fully saturated rings. The molecule has 28 heavy (non-hydrogen) atoms. The van der Waals surface area contributed by atoms with Crippen molar-refractivity contribution in [3.05, 3.63) is 0 Å². The second kappa shape index (κ2) is 21.4. The average molecular weight is 407 g/mol. The molecule has 1 rings (SSSR count). The maximum Gasteiger partial charge on any atom is 0.104 e. The lowest BCUT2D eigenvalue weighted by Gasteiger charge is -2.19. The van der Waals surface area contributed by atoms with E-state index in [-0.39, 0.29) is 6.10 Å². The Morgan fingerprint density at radius 3 is 1.71 bits per heavy atom. The first kappa shape index (κ1) is 25.8. The summed E-state index contributed by atoms with van der Waals surface area (Å²) in [6.07, 6.45) is 7.50. The second-order valence-electron chi connectivity index (χ2n) is 6.86. The third-order valence-corrected chi connectivity index (χ3v) is 4.32. The van der Waals surface area contributed by atoms with Crippen molar-refractivity contribution >= 4 is 0 Å². The molecular weight excluding hydrogens is 364 g/mol. The number of hydrogen-bond acceptors (Lipinski definition) is 7. The zero-order valence-corrected chi connectivity index (χ0v) is 17.9. The molecule has 1 aliphatic heterocycles. The van der Waals surface area contributed by atoms with Crippen LogP contribution in [0, 0.1) is 0 Å². The molecule has 1 heterocycles. The fraction of sp³-hybridized carbons (Fsp3) is 1.00. The molecule has 1 atom stereocenters. The highest BCUT2D eigenvalue weighted by Gasteiger charge is 2.10. The highest BCUT2D eigenvalue weighted by atomic mass is 16.6. The summed E-state index contributed by atoms with van der Waals surface area (Å²) in [4.78, 5) is 0. The van der Waals surface area contributed by atoms with Crippen LogP contribution in [0.2, 0.25) is 0 Å². The molecule has 0 aliphatic carbocycles. The Hall–Kier alpha value is -0.280. The molecule has 7 nitrogen and oxygen atoms in total. The number of unbranched alkanes of at least 4 members (excludes halogenated alkanes) is 5. The third kappa shape index (κ3) is 17.8. The van der Waals surface area contributed by atoms with Crippen LogP contribution in [0.4, 0.5) is 0 Å². The fourth-order valence-corrected chi connectivity index (χ4v) is 2.71. The summed E-state index contributed by atoms with van der Waals surface area (Å²) in [6.45, 7) is 9.61.